The van der Waals surface area contributed by atoms with Gasteiger partial charge in [-0.25, -0.2) is 4.98 Å². The molecule has 25 heavy (non-hydrogen) atoms. The van der Waals surface area contributed by atoms with Gasteiger partial charge in [0.25, 0.3) is 5.91 Å². The van der Waals surface area contributed by atoms with Crippen LogP contribution in [0.3, 0.4) is 0 Å². The molecule has 3 aromatic rings. The molecule has 0 radical (unpaired) electrons. The number of thiazole rings is 1. The molecule has 4 rings (SSSR count). The van der Waals surface area contributed by atoms with Crippen LogP contribution in [-0.2, 0) is 17.8 Å². The van der Waals surface area contributed by atoms with E-state index in [9.17, 15) is 4.79 Å². The zero-order valence-electron chi connectivity index (χ0n) is 14.5. The lowest BCUT2D eigenvalue weighted by molar-refractivity contribution is -0.907. The van der Waals surface area contributed by atoms with Crippen LogP contribution in [0.2, 0.25) is 0 Å². The van der Waals surface area contributed by atoms with E-state index in [1.165, 1.54) is 15.2 Å². The third-order valence-corrected chi connectivity index (χ3v) is 6.07. The summed E-state index contributed by atoms with van der Waals surface area (Å²) in [5, 5.41) is 1.08. The first-order valence-corrected chi connectivity index (χ1v) is 9.51. The van der Waals surface area contributed by atoms with Gasteiger partial charge in [0.1, 0.15) is 11.6 Å². The molecule has 1 aliphatic heterocycles. The van der Waals surface area contributed by atoms with Crippen LogP contribution in [0.4, 0.5) is 5.69 Å². The van der Waals surface area contributed by atoms with Crippen LogP contribution >= 0.6 is 11.3 Å². The fourth-order valence-corrected chi connectivity index (χ4v) is 4.46. The summed E-state index contributed by atoms with van der Waals surface area (Å²) < 4.78 is 1.21. The molecule has 1 aliphatic rings. The number of benzene rings is 2. The van der Waals surface area contributed by atoms with Gasteiger partial charge in [-0.2, -0.15) is 0 Å². The first-order chi connectivity index (χ1) is 12.1. The Bertz CT molecular complexity index is 887. The minimum absolute atomic E-state index is 0.0989. The third kappa shape index (κ3) is 3.05. The second-order valence-electron chi connectivity index (χ2n) is 6.69. The molecule has 2 heterocycles. The molecule has 0 aliphatic carbocycles. The zero-order chi connectivity index (χ0) is 17.4. The van der Waals surface area contributed by atoms with E-state index in [2.05, 4.69) is 25.2 Å². The Morgan fingerprint density at radius 1 is 1.24 bits per heavy atom. The number of carbonyl (C=O) groups is 1. The number of anilines is 1. The minimum atomic E-state index is -0.0989. The fourth-order valence-electron chi connectivity index (χ4n) is 3.40. The highest BCUT2D eigenvalue weighted by molar-refractivity contribution is 7.18. The summed E-state index contributed by atoms with van der Waals surface area (Å²) >= 11 is 1.72. The molecule has 2 atom stereocenters. The maximum atomic E-state index is 13.0. The highest BCUT2D eigenvalue weighted by atomic mass is 32.1. The number of hydrogen-bond acceptors (Lipinski definition) is 3. The number of para-hydroxylation sites is 2. The van der Waals surface area contributed by atoms with Gasteiger partial charge in [-0.1, -0.05) is 30.3 Å². The average Bonchev–Trinajstić information content (AvgIpc) is 3.23. The molecule has 1 amide bonds. The predicted octanol–water partition coefficient (Wildman–Crippen LogP) is 2.29. The monoisotopic (exact) mass is 352 g/mol. The molecule has 2 aromatic carbocycles. The van der Waals surface area contributed by atoms with Crippen LogP contribution in [0.5, 0.6) is 0 Å². The van der Waals surface area contributed by atoms with Crippen LogP contribution in [0.1, 0.15) is 17.5 Å². The van der Waals surface area contributed by atoms with Gasteiger partial charge in [0.2, 0.25) is 0 Å². The molecule has 0 bridgehead atoms. The predicted molar refractivity (Wildman–Crippen MR) is 102 cm³/mol. The Hall–Kier alpha value is -2.24. The largest absolute Gasteiger partial charge is 0.322 e. The average molecular weight is 352 g/mol. The Morgan fingerprint density at radius 3 is 2.84 bits per heavy atom. The molecule has 0 saturated heterocycles. The molecule has 0 spiro atoms. The number of likely N-dealkylation sites (N-methyl/N-ethyl adjacent to an activating group) is 1. The molecule has 1 N–H and O–H groups in total. The van der Waals surface area contributed by atoms with Gasteiger partial charge in [0.15, 0.2) is 6.04 Å². The second kappa shape index (κ2) is 6.58. The van der Waals surface area contributed by atoms with Crippen molar-refractivity contribution in [2.45, 2.75) is 25.9 Å². The molecule has 0 saturated carbocycles. The summed E-state index contributed by atoms with van der Waals surface area (Å²) in [7, 11) is 2.08. The first kappa shape index (κ1) is 16.2. The minimum Gasteiger partial charge on any atom is -0.322 e. The number of amides is 1. The summed E-state index contributed by atoms with van der Waals surface area (Å²) in [6.45, 7) is 3.57. The summed E-state index contributed by atoms with van der Waals surface area (Å²) in [4.78, 5) is 20.8. The number of quaternary nitrogens is 1. The van der Waals surface area contributed by atoms with Crippen LogP contribution in [0.15, 0.2) is 48.5 Å². The first-order valence-electron chi connectivity index (χ1n) is 8.69. The van der Waals surface area contributed by atoms with Gasteiger partial charge in [-0.3, -0.25) is 4.79 Å². The topological polar surface area (TPSA) is 37.6 Å². The lowest BCUT2D eigenvalue weighted by atomic mass is 10.2. The maximum absolute atomic E-state index is 13.0. The van der Waals surface area contributed by atoms with Crippen LogP contribution in [-0.4, -0.2) is 30.5 Å². The van der Waals surface area contributed by atoms with Gasteiger partial charge in [-0.15, -0.1) is 11.3 Å². The van der Waals surface area contributed by atoms with Gasteiger partial charge in [-0.05, 0) is 37.1 Å². The van der Waals surface area contributed by atoms with Crippen molar-refractivity contribution < 1.29 is 9.69 Å². The van der Waals surface area contributed by atoms with E-state index >= 15 is 0 Å². The quantitative estimate of drug-likeness (QED) is 0.782. The summed E-state index contributed by atoms with van der Waals surface area (Å²) in [5.41, 5.74) is 3.39. The smallest absolute Gasteiger partial charge is 0.284 e. The third-order valence-electron chi connectivity index (χ3n) is 5.03. The Kier molecular flexibility index (Phi) is 4.27. The van der Waals surface area contributed by atoms with E-state index in [1.54, 1.807) is 11.3 Å². The van der Waals surface area contributed by atoms with E-state index in [1.807, 2.05) is 42.2 Å². The Morgan fingerprint density at radius 2 is 2.00 bits per heavy atom. The van der Waals surface area contributed by atoms with E-state index < -0.39 is 0 Å². The van der Waals surface area contributed by atoms with Crippen molar-refractivity contribution in [3.05, 3.63) is 59.1 Å². The number of rotatable bonds is 4. The molecule has 1 unspecified atom stereocenters. The van der Waals surface area contributed by atoms with E-state index in [-0.39, 0.29) is 11.9 Å². The number of hydrogen-bond donors (Lipinski definition) is 1. The lowest BCUT2D eigenvalue weighted by Gasteiger charge is -2.25. The highest BCUT2D eigenvalue weighted by Crippen LogP contribution is 2.27. The van der Waals surface area contributed by atoms with Gasteiger partial charge < -0.3 is 9.80 Å². The zero-order valence-corrected chi connectivity index (χ0v) is 15.3. The molecule has 5 heteroatoms. The Labute approximate surface area is 151 Å². The van der Waals surface area contributed by atoms with E-state index in [0.717, 1.165) is 35.7 Å². The second-order valence-corrected chi connectivity index (χ2v) is 7.80. The molecular weight excluding hydrogens is 330 g/mol. The van der Waals surface area contributed by atoms with E-state index in [4.69, 9.17) is 4.98 Å². The van der Waals surface area contributed by atoms with E-state index in [0.29, 0.717) is 0 Å². The summed E-state index contributed by atoms with van der Waals surface area (Å²) in [5.74, 6) is 0.198. The SMILES string of the molecule is C[C@H](C(=O)N1CCc2ccccc21)[NH+](C)Cc1nc2ccccc2s1. The van der Waals surface area contributed by atoms with Crippen molar-refractivity contribution >= 4 is 33.1 Å². The van der Waals surface area contributed by atoms with Gasteiger partial charge in [0, 0.05) is 12.2 Å². The standard InChI is InChI=1S/C20H21N3OS/c1-14(20(24)23-12-11-15-7-3-5-9-17(15)23)22(2)13-19-21-16-8-4-6-10-18(16)25-19/h3-10,14H,11-13H2,1-2H3/p+1/t14-/m1/s1. The number of carbonyl (C=O) groups excluding carboxylic acids is 1. The van der Waals surface area contributed by atoms with Crippen LogP contribution in [0, 0.1) is 0 Å². The van der Waals surface area contributed by atoms with Gasteiger partial charge >= 0.3 is 0 Å². The molecule has 0 fully saturated rings. The number of nitrogens with zero attached hydrogens (tertiary/aromatic N) is 2. The maximum Gasteiger partial charge on any atom is 0.284 e. The van der Waals surface area contributed by atoms with Crippen molar-refractivity contribution in [2.24, 2.45) is 0 Å². The van der Waals surface area contributed by atoms with Crippen molar-refractivity contribution in [1.82, 2.24) is 4.98 Å². The number of fused-ring (bicyclic) bond motifs is 2. The van der Waals surface area contributed by atoms with Crippen LogP contribution < -0.4 is 9.80 Å². The normalized spacial score (nSPS) is 16.0. The number of nitrogens with one attached hydrogen (secondary N) is 1. The van der Waals surface area contributed by atoms with Crippen LogP contribution in [0.25, 0.3) is 10.2 Å². The summed E-state index contributed by atoms with van der Waals surface area (Å²) in [6.07, 6.45) is 0.950. The summed E-state index contributed by atoms with van der Waals surface area (Å²) in [6, 6.07) is 16.3. The van der Waals surface area contributed by atoms with Crippen molar-refractivity contribution in [1.29, 1.82) is 0 Å². The van der Waals surface area contributed by atoms with Crippen molar-refractivity contribution in [2.75, 3.05) is 18.5 Å². The molecular formula is C20H22N3OS+. The molecule has 1 aromatic heterocycles. The number of aromatic nitrogens is 1. The molecule has 4 nitrogen and oxygen atoms in total. The van der Waals surface area contributed by atoms with Gasteiger partial charge in [0.05, 0.1) is 17.3 Å². The molecule has 128 valence electrons. The Balaban J connectivity index is 1.48. The fraction of sp³-hybridized carbons (Fsp3) is 0.300. The van der Waals surface area contributed by atoms with Crippen molar-refractivity contribution in [3.63, 3.8) is 0 Å². The highest BCUT2D eigenvalue weighted by Gasteiger charge is 2.32. The lowest BCUT2D eigenvalue weighted by Crippen LogP contribution is -3.12. The van der Waals surface area contributed by atoms with Crippen molar-refractivity contribution in [3.8, 4) is 0 Å².